The van der Waals surface area contributed by atoms with Crippen LogP contribution in [0.3, 0.4) is 0 Å². The molecule has 0 fully saturated rings. The highest BCUT2D eigenvalue weighted by molar-refractivity contribution is 5.85. The molecule has 1 unspecified atom stereocenters. The van der Waals surface area contributed by atoms with Crippen LogP contribution in [0.25, 0.3) is 0 Å². The van der Waals surface area contributed by atoms with Gasteiger partial charge < -0.3 is 9.84 Å². The predicted octanol–water partition coefficient (Wildman–Crippen LogP) is 4.00. The van der Waals surface area contributed by atoms with E-state index in [9.17, 15) is 14.9 Å². The average molecular weight is 352 g/mol. The summed E-state index contributed by atoms with van der Waals surface area (Å²) in [7, 11) is 0. The number of carboxylic acid groups (broad SMARTS) is 1. The third kappa shape index (κ3) is 4.84. The van der Waals surface area contributed by atoms with E-state index in [1.54, 1.807) is 32.0 Å². The summed E-state index contributed by atoms with van der Waals surface area (Å²) in [5, 5.41) is 21.2. The number of ether oxygens (including phenoxy) is 1. The fraction of sp³-hybridized carbons (Fsp3) is 0.250. The molecule has 1 atom stereocenters. The van der Waals surface area contributed by atoms with Crippen LogP contribution in [0.5, 0.6) is 0 Å². The molecule has 2 aromatic carbocycles. The molecule has 0 saturated carbocycles. The van der Waals surface area contributed by atoms with Gasteiger partial charge in [0.15, 0.2) is 0 Å². The number of carbonyl (C=O) groups excluding carboxylic acids is 1. The molecule has 2 rings (SSSR count). The van der Waals surface area contributed by atoms with Crippen LogP contribution >= 0.6 is 0 Å². The standard InChI is InChI=1S/C20H20N2O4/c1-14-8-9-16(10-17(14)20(2,13-21)11-18(23)24)22-19(25)26-12-15-6-4-3-5-7-15/h3-10H,11-12H2,1-2H3,(H,22,25)(H,23,24). The van der Waals surface area contributed by atoms with Crippen molar-refractivity contribution in [3.8, 4) is 6.07 Å². The van der Waals surface area contributed by atoms with E-state index in [2.05, 4.69) is 11.4 Å². The molecule has 0 spiro atoms. The quantitative estimate of drug-likeness (QED) is 0.818. The van der Waals surface area contributed by atoms with Gasteiger partial charge in [-0.05, 0) is 42.7 Å². The Morgan fingerprint density at radius 2 is 1.92 bits per heavy atom. The SMILES string of the molecule is Cc1ccc(NC(=O)OCc2ccccc2)cc1C(C)(C#N)CC(=O)O. The number of nitrogens with zero attached hydrogens (tertiary/aromatic N) is 1. The molecule has 6 nitrogen and oxygen atoms in total. The minimum atomic E-state index is -1.19. The largest absolute Gasteiger partial charge is 0.481 e. The molecule has 0 aliphatic rings. The molecule has 0 saturated heterocycles. The van der Waals surface area contributed by atoms with Gasteiger partial charge in [0.25, 0.3) is 0 Å². The minimum absolute atomic E-state index is 0.139. The maximum absolute atomic E-state index is 12.0. The van der Waals surface area contributed by atoms with Crippen LogP contribution in [0.4, 0.5) is 10.5 Å². The van der Waals surface area contributed by atoms with Crippen molar-refractivity contribution in [2.24, 2.45) is 0 Å². The average Bonchev–Trinajstić information content (AvgIpc) is 2.62. The van der Waals surface area contributed by atoms with E-state index in [1.807, 2.05) is 30.3 Å². The molecule has 0 bridgehead atoms. The second-order valence-electron chi connectivity index (χ2n) is 6.23. The fourth-order valence-corrected chi connectivity index (χ4v) is 2.67. The molecule has 0 radical (unpaired) electrons. The second-order valence-corrected chi connectivity index (χ2v) is 6.23. The van der Waals surface area contributed by atoms with E-state index >= 15 is 0 Å². The van der Waals surface area contributed by atoms with Gasteiger partial charge in [0.05, 0.1) is 17.9 Å². The van der Waals surface area contributed by atoms with Gasteiger partial charge in [-0.3, -0.25) is 10.1 Å². The number of aliphatic carboxylic acids is 1. The number of nitrogens with one attached hydrogen (secondary N) is 1. The van der Waals surface area contributed by atoms with E-state index in [4.69, 9.17) is 9.84 Å². The van der Waals surface area contributed by atoms with Crippen LogP contribution < -0.4 is 5.32 Å². The van der Waals surface area contributed by atoms with Crippen LogP contribution in [0.2, 0.25) is 0 Å². The van der Waals surface area contributed by atoms with Crippen molar-refractivity contribution in [3.05, 3.63) is 65.2 Å². The maximum Gasteiger partial charge on any atom is 0.411 e. The van der Waals surface area contributed by atoms with Crippen molar-refractivity contribution >= 4 is 17.7 Å². The number of carbonyl (C=O) groups is 2. The van der Waals surface area contributed by atoms with Gasteiger partial charge in [-0.15, -0.1) is 0 Å². The van der Waals surface area contributed by atoms with E-state index in [-0.39, 0.29) is 13.0 Å². The fourth-order valence-electron chi connectivity index (χ4n) is 2.67. The number of carboxylic acids is 1. The van der Waals surface area contributed by atoms with Gasteiger partial charge in [0.2, 0.25) is 0 Å². The first-order valence-corrected chi connectivity index (χ1v) is 8.06. The lowest BCUT2D eigenvalue weighted by Gasteiger charge is -2.23. The smallest absolute Gasteiger partial charge is 0.411 e. The van der Waals surface area contributed by atoms with Crippen molar-refractivity contribution in [3.63, 3.8) is 0 Å². The number of amides is 1. The van der Waals surface area contributed by atoms with Crippen molar-refractivity contribution in [1.82, 2.24) is 0 Å². The number of aryl methyl sites for hydroxylation is 1. The topological polar surface area (TPSA) is 99.4 Å². The van der Waals surface area contributed by atoms with Gasteiger partial charge in [-0.25, -0.2) is 4.79 Å². The minimum Gasteiger partial charge on any atom is -0.481 e. The Hall–Kier alpha value is -3.33. The highest BCUT2D eigenvalue weighted by Gasteiger charge is 2.31. The Kier molecular flexibility index (Phi) is 5.97. The van der Waals surface area contributed by atoms with Crippen LogP contribution in [0.15, 0.2) is 48.5 Å². The lowest BCUT2D eigenvalue weighted by molar-refractivity contribution is -0.137. The van der Waals surface area contributed by atoms with Gasteiger partial charge >= 0.3 is 12.1 Å². The molecule has 0 aliphatic carbocycles. The number of hydrogen-bond donors (Lipinski definition) is 2. The molecule has 0 aliphatic heterocycles. The Morgan fingerprint density at radius 1 is 1.23 bits per heavy atom. The van der Waals surface area contributed by atoms with Crippen molar-refractivity contribution in [1.29, 1.82) is 5.26 Å². The first kappa shape index (κ1) is 19.0. The molecular formula is C20H20N2O4. The zero-order valence-electron chi connectivity index (χ0n) is 14.7. The predicted molar refractivity (Wildman–Crippen MR) is 96.6 cm³/mol. The van der Waals surface area contributed by atoms with Crippen LogP contribution in [-0.2, 0) is 21.6 Å². The highest BCUT2D eigenvalue weighted by Crippen LogP contribution is 2.31. The number of hydrogen-bond acceptors (Lipinski definition) is 4. The summed E-state index contributed by atoms with van der Waals surface area (Å²) >= 11 is 0. The van der Waals surface area contributed by atoms with Gasteiger partial charge in [0.1, 0.15) is 6.61 Å². The van der Waals surface area contributed by atoms with Crippen molar-refractivity contribution in [2.45, 2.75) is 32.3 Å². The van der Waals surface area contributed by atoms with Crippen LogP contribution in [0, 0.1) is 18.3 Å². The summed E-state index contributed by atoms with van der Waals surface area (Å²) in [6.45, 7) is 3.51. The Bertz CT molecular complexity index is 843. The van der Waals surface area contributed by atoms with Gasteiger partial charge in [0, 0.05) is 5.69 Å². The summed E-state index contributed by atoms with van der Waals surface area (Å²) in [6, 6.07) is 16.4. The number of benzene rings is 2. The Morgan fingerprint density at radius 3 is 2.54 bits per heavy atom. The highest BCUT2D eigenvalue weighted by atomic mass is 16.5. The number of anilines is 1. The molecule has 1 amide bonds. The second kappa shape index (κ2) is 8.17. The molecule has 26 heavy (non-hydrogen) atoms. The monoisotopic (exact) mass is 352 g/mol. The van der Waals surface area contributed by atoms with E-state index in [0.29, 0.717) is 11.3 Å². The first-order chi connectivity index (χ1) is 12.3. The molecule has 134 valence electrons. The summed E-state index contributed by atoms with van der Waals surface area (Å²) in [5.41, 5.74) is 1.45. The lowest BCUT2D eigenvalue weighted by Crippen LogP contribution is -2.25. The normalized spacial score (nSPS) is 12.5. The van der Waals surface area contributed by atoms with Gasteiger partial charge in [-0.1, -0.05) is 36.4 Å². The zero-order valence-corrected chi connectivity index (χ0v) is 14.7. The van der Waals surface area contributed by atoms with Crippen molar-refractivity contribution in [2.75, 3.05) is 5.32 Å². The summed E-state index contributed by atoms with van der Waals surface area (Å²) in [5.74, 6) is -1.06. The molecule has 6 heteroatoms. The third-order valence-electron chi connectivity index (χ3n) is 4.04. The molecule has 0 aromatic heterocycles. The zero-order chi connectivity index (χ0) is 19.2. The van der Waals surface area contributed by atoms with Crippen LogP contribution in [0.1, 0.15) is 30.0 Å². The molecule has 0 heterocycles. The maximum atomic E-state index is 12.0. The first-order valence-electron chi connectivity index (χ1n) is 8.06. The number of rotatable bonds is 6. The summed E-state index contributed by atoms with van der Waals surface area (Å²) in [6.07, 6.45) is -0.952. The Balaban J connectivity index is 2.12. The molecule has 2 N–H and O–H groups in total. The molecule has 2 aromatic rings. The van der Waals surface area contributed by atoms with Gasteiger partial charge in [-0.2, -0.15) is 5.26 Å². The van der Waals surface area contributed by atoms with E-state index < -0.39 is 17.5 Å². The summed E-state index contributed by atoms with van der Waals surface area (Å²) < 4.78 is 5.17. The number of nitriles is 1. The molecular weight excluding hydrogens is 332 g/mol. The van der Waals surface area contributed by atoms with Crippen LogP contribution in [-0.4, -0.2) is 17.2 Å². The lowest BCUT2D eigenvalue weighted by atomic mass is 9.78. The summed E-state index contributed by atoms with van der Waals surface area (Å²) in [4.78, 5) is 23.1. The Labute approximate surface area is 152 Å². The van der Waals surface area contributed by atoms with E-state index in [1.165, 1.54) is 0 Å². The third-order valence-corrected chi connectivity index (χ3v) is 4.04. The van der Waals surface area contributed by atoms with E-state index in [0.717, 1.165) is 11.1 Å². The van der Waals surface area contributed by atoms with Crippen molar-refractivity contribution < 1.29 is 19.4 Å².